The molecule has 0 aliphatic carbocycles. The third-order valence-electron chi connectivity index (χ3n) is 3.86. The first kappa shape index (κ1) is 30.3. The third kappa shape index (κ3) is 15.4. The predicted molar refractivity (Wildman–Crippen MR) is 116 cm³/mol. The zero-order chi connectivity index (χ0) is 21.7. The molecule has 3 amide bonds. The Morgan fingerprint density at radius 2 is 1.56 bits per heavy atom. The first-order valence-electron chi connectivity index (χ1n) is 11.2. The monoisotopic (exact) mass is 386 g/mol. The molecule has 0 radical (unpaired) electrons. The number of carbonyl (C=O) groups excluding carboxylic acids is 3. The first-order valence-corrected chi connectivity index (χ1v) is 11.2. The van der Waals surface area contributed by atoms with Crippen molar-refractivity contribution in [3.8, 4) is 0 Å². The van der Waals surface area contributed by atoms with Crippen molar-refractivity contribution in [1.82, 2.24) is 10.2 Å². The van der Waals surface area contributed by atoms with Gasteiger partial charge in [0.2, 0.25) is 17.7 Å². The summed E-state index contributed by atoms with van der Waals surface area (Å²) < 4.78 is 0. The highest BCUT2D eigenvalue weighted by molar-refractivity contribution is 6.03. The van der Waals surface area contributed by atoms with E-state index in [9.17, 15) is 14.4 Å². The molecule has 1 N–H and O–H groups in total. The van der Waals surface area contributed by atoms with Gasteiger partial charge in [-0.3, -0.25) is 19.3 Å². The predicted octanol–water partition coefficient (Wildman–Crippen LogP) is 5.33. The summed E-state index contributed by atoms with van der Waals surface area (Å²) >= 11 is 0. The van der Waals surface area contributed by atoms with Crippen molar-refractivity contribution in [2.45, 2.75) is 107 Å². The van der Waals surface area contributed by atoms with E-state index in [2.05, 4.69) is 12.2 Å². The van der Waals surface area contributed by atoms with Crippen molar-refractivity contribution in [1.29, 1.82) is 0 Å². The summed E-state index contributed by atoms with van der Waals surface area (Å²) in [5.41, 5.74) is 0. The van der Waals surface area contributed by atoms with Crippen molar-refractivity contribution in [2.24, 2.45) is 5.92 Å². The highest BCUT2D eigenvalue weighted by atomic mass is 16.2. The first-order chi connectivity index (χ1) is 13.1. The normalized spacial score (nSPS) is 15.0. The number of nitrogens with zero attached hydrogens (tertiary/aromatic N) is 1. The van der Waals surface area contributed by atoms with E-state index < -0.39 is 0 Å². The molecule has 27 heavy (non-hydrogen) atoms. The van der Waals surface area contributed by atoms with E-state index in [0.29, 0.717) is 19.4 Å². The zero-order valence-corrected chi connectivity index (χ0v) is 19.3. The SMILES string of the molecule is CC.CC.CC.CCCCCNC(=O)CCCCCN1C(=O)CC(C)C1=O. The van der Waals surface area contributed by atoms with Gasteiger partial charge < -0.3 is 5.32 Å². The molecule has 1 atom stereocenters. The maximum atomic E-state index is 11.7. The molecule has 162 valence electrons. The van der Waals surface area contributed by atoms with Crippen LogP contribution in [0.3, 0.4) is 0 Å². The summed E-state index contributed by atoms with van der Waals surface area (Å²) in [4.78, 5) is 36.2. The minimum Gasteiger partial charge on any atom is -0.356 e. The number of unbranched alkanes of at least 4 members (excludes halogenated alkanes) is 4. The van der Waals surface area contributed by atoms with Gasteiger partial charge >= 0.3 is 0 Å². The molecule has 0 aromatic carbocycles. The van der Waals surface area contributed by atoms with Crippen molar-refractivity contribution in [3.63, 3.8) is 0 Å². The molecule has 0 bridgehead atoms. The second kappa shape index (κ2) is 22.7. The maximum Gasteiger partial charge on any atom is 0.232 e. The topological polar surface area (TPSA) is 66.5 Å². The zero-order valence-electron chi connectivity index (χ0n) is 19.3. The van der Waals surface area contributed by atoms with Crippen LogP contribution < -0.4 is 5.32 Å². The molecule has 0 aromatic heterocycles. The lowest BCUT2D eigenvalue weighted by Gasteiger charge is -2.13. The van der Waals surface area contributed by atoms with Gasteiger partial charge in [-0.15, -0.1) is 0 Å². The molecule has 0 aromatic rings. The van der Waals surface area contributed by atoms with Gasteiger partial charge in [-0.1, -0.05) is 74.7 Å². The number of amides is 3. The fraction of sp³-hybridized carbons (Fsp3) is 0.864. The molecule has 1 aliphatic rings. The fourth-order valence-electron chi connectivity index (χ4n) is 2.51. The van der Waals surface area contributed by atoms with Crippen LogP contribution in [-0.4, -0.2) is 35.7 Å². The van der Waals surface area contributed by atoms with Gasteiger partial charge in [0.15, 0.2) is 0 Å². The number of imide groups is 1. The van der Waals surface area contributed by atoms with Crippen LogP contribution in [0.5, 0.6) is 0 Å². The van der Waals surface area contributed by atoms with E-state index >= 15 is 0 Å². The fourth-order valence-corrected chi connectivity index (χ4v) is 2.51. The van der Waals surface area contributed by atoms with Crippen LogP contribution in [0.25, 0.3) is 0 Å². The summed E-state index contributed by atoms with van der Waals surface area (Å²) in [7, 11) is 0. The highest BCUT2D eigenvalue weighted by Gasteiger charge is 2.34. The molecule has 1 saturated heterocycles. The number of likely N-dealkylation sites (tertiary alicyclic amines) is 1. The molecular weight excluding hydrogens is 340 g/mol. The van der Waals surface area contributed by atoms with Gasteiger partial charge in [0.05, 0.1) is 0 Å². The van der Waals surface area contributed by atoms with Crippen LogP contribution in [0.4, 0.5) is 0 Å². The van der Waals surface area contributed by atoms with E-state index in [1.54, 1.807) is 6.92 Å². The Labute approximate surface area is 168 Å². The molecule has 5 heteroatoms. The van der Waals surface area contributed by atoms with Gasteiger partial charge in [-0.25, -0.2) is 0 Å². The highest BCUT2D eigenvalue weighted by Crippen LogP contribution is 2.19. The second-order valence-corrected chi connectivity index (χ2v) is 5.86. The van der Waals surface area contributed by atoms with Crippen molar-refractivity contribution in [2.75, 3.05) is 13.1 Å². The Hall–Kier alpha value is -1.39. The van der Waals surface area contributed by atoms with Gasteiger partial charge in [0.25, 0.3) is 0 Å². The molecular formula is C22H46N2O3. The molecule has 5 nitrogen and oxygen atoms in total. The van der Waals surface area contributed by atoms with Gasteiger partial charge in [0, 0.05) is 31.8 Å². The summed E-state index contributed by atoms with van der Waals surface area (Å²) in [6.07, 6.45) is 6.69. The standard InChI is InChI=1S/C16H28N2O3.3C2H6/c1-3-4-7-10-17-14(19)9-6-5-8-11-18-15(20)12-13(2)16(18)21;3*1-2/h13H,3-12H2,1-2H3,(H,17,19);3*1-2H3. The second-order valence-electron chi connectivity index (χ2n) is 5.86. The van der Waals surface area contributed by atoms with Crippen LogP contribution in [0.2, 0.25) is 0 Å². The van der Waals surface area contributed by atoms with Crippen LogP contribution >= 0.6 is 0 Å². The number of rotatable bonds is 10. The van der Waals surface area contributed by atoms with E-state index in [0.717, 1.165) is 45.1 Å². The molecule has 1 unspecified atom stereocenters. The average Bonchev–Trinajstić information content (AvgIpc) is 2.95. The quantitative estimate of drug-likeness (QED) is 0.408. The Kier molecular flexibility index (Phi) is 25.5. The van der Waals surface area contributed by atoms with E-state index in [1.807, 2.05) is 41.5 Å². The largest absolute Gasteiger partial charge is 0.356 e. The molecule has 1 heterocycles. The van der Waals surface area contributed by atoms with Crippen molar-refractivity contribution < 1.29 is 14.4 Å². The summed E-state index contributed by atoms with van der Waals surface area (Å²) in [5.74, 6) is -0.158. The van der Waals surface area contributed by atoms with Crippen LogP contribution in [0.1, 0.15) is 107 Å². The molecule has 0 spiro atoms. The Bertz CT molecular complexity index is 371. The van der Waals surface area contributed by atoms with Gasteiger partial charge in [-0.05, 0) is 19.3 Å². The molecule has 0 saturated carbocycles. The lowest BCUT2D eigenvalue weighted by molar-refractivity contribution is -0.139. The van der Waals surface area contributed by atoms with Crippen LogP contribution in [0.15, 0.2) is 0 Å². The smallest absolute Gasteiger partial charge is 0.232 e. The Morgan fingerprint density at radius 1 is 0.963 bits per heavy atom. The van der Waals surface area contributed by atoms with Crippen LogP contribution in [0, 0.1) is 5.92 Å². The Morgan fingerprint density at radius 3 is 2.04 bits per heavy atom. The van der Waals surface area contributed by atoms with E-state index in [-0.39, 0.29) is 23.6 Å². The molecule has 1 fully saturated rings. The van der Waals surface area contributed by atoms with Crippen molar-refractivity contribution in [3.05, 3.63) is 0 Å². The lowest BCUT2D eigenvalue weighted by atomic mass is 10.1. The minimum atomic E-state index is -0.161. The van der Waals surface area contributed by atoms with Crippen molar-refractivity contribution >= 4 is 17.7 Å². The Balaban J connectivity index is -0.000000869. The van der Waals surface area contributed by atoms with Gasteiger partial charge in [0.1, 0.15) is 0 Å². The number of nitrogens with one attached hydrogen (secondary N) is 1. The molecule has 1 rings (SSSR count). The van der Waals surface area contributed by atoms with Crippen LogP contribution in [-0.2, 0) is 14.4 Å². The lowest BCUT2D eigenvalue weighted by Crippen LogP contribution is -2.31. The third-order valence-corrected chi connectivity index (χ3v) is 3.86. The molecule has 1 aliphatic heterocycles. The van der Waals surface area contributed by atoms with E-state index in [4.69, 9.17) is 0 Å². The summed E-state index contributed by atoms with van der Waals surface area (Å²) in [5, 5.41) is 2.91. The minimum absolute atomic E-state index is 0.0475. The number of carbonyl (C=O) groups is 3. The number of hydrogen-bond donors (Lipinski definition) is 1. The summed E-state index contributed by atoms with van der Waals surface area (Å²) in [6.45, 7) is 17.2. The average molecular weight is 387 g/mol. The summed E-state index contributed by atoms with van der Waals surface area (Å²) in [6, 6.07) is 0. The maximum absolute atomic E-state index is 11.7. The van der Waals surface area contributed by atoms with E-state index in [1.165, 1.54) is 4.90 Å². The van der Waals surface area contributed by atoms with Gasteiger partial charge in [-0.2, -0.15) is 0 Å². The number of hydrogen-bond acceptors (Lipinski definition) is 3.